The first-order valence-corrected chi connectivity index (χ1v) is 13.8. The molecule has 5 rings (SSSR count). The first-order chi connectivity index (χ1) is 19.2. The van der Waals surface area contributed by atoms with Crippen LogP contribution in [0.5, 0.6) is 0 Å². The Morgan fingerprint density at radius 3 is 2.48 bits per heavy atom. The lowest BCUT2D eigenvalue weighted by molar-refractivity contribution is -0.137. The highest BCUT2D eigenvalue weighted by molar-refractivity contribution is 7.15. The average Bonchev–Trinajstić information content (AvgIpc) is 3.59. The molecule has 0 aliphatic rings. The van der Waals surface area contributed by atoms with Gasteiger partial charge in [0, 0.05) is 21.3 Å². The van der Waals surface area contributed by atoms with Crippen LogP contribution in [0.3, 0.4) is 0 Å². The van der Waals surface area contributed by atoms with Crippen molar-refractivity contribution < 1.29 is 19.5 Å². The summed E-state index contributed by atoms with van der Waals surface area (Å²) >= 11 is 7.74. The smallest absolute Gasteiger partial charge is 0.323 e. The fourth-order valence-electron chi connectivity index (χ4n) is 4.94. The Labute approximate surface area is 239 Å². The molecule has 0 spiro atoms. The Bertz CT molecular complexity index is 1780. The van der Waals surface area contributed by atoms with E-state index in [-0.39, 0.29) is 18.9 Å². The van der Waals surface area contributed by atoms with Crippen LogP contribution in [-0.4, -0.2) is 42.1 Å². The SMILES string of the molecule is CCc1c(C(=O)NCc2nnc(C)n2-c2sc(C)cc2C(=O)c2ccccc2Cl)n(CC(=O)O)c2ccccc12. The van der Waals surface area contributed by atoms with E-state index < -0.39 is 11.9 Å². The van der Waals surface area contributed by atoms with Crippen LogP contribution in [-0.2, 0) is 24.3 Å². The lowest BCUT2D eigenvalue weighted by Crippen LogP contribution is -2.29. The van der Waals surface area contributed by atoms with Crippen LogP contribution in [0.1, 0.15) is 55.4 Å². The van der Waals surface area contributed by atoms with E-state index in [1.807, 2.05) is 44.2 Å². The number of amides is 1. The normalized spacial score (nSPS) is 11.2. The highest BCUT2D eigenvalue weighted by Crippen LogP contribution is 2.32. The number of rotatable bonds is 9. The molecule has 11 heteroatoms. The van der Waals surface area contributed by atoms with Crippen LogP contribution in [0.4, 0.5) is 0 Å². The van der Waals surface area contributed by atoms with E-state index >= 15 is 0 Å². The van der Waals surface area contributed by atoms with Gasteiger partial charge in [0.15, 0.2) is 11.6 Å². The second kappa shape index (κ2) is 11.1. The molecule has 3 aromatic heterocycles. The molecule has 0 aliphatic heterocycles. The van der Waals surface area contributed by atoms with Crippen molar-refractivity contribution in [1.82, 2.24) is 24.6 Å². The summed E-state index contributed by atoms with van der Waals surface area (Å²) in [5.74, 6) is -0.708. The number of para-hydroxylation sites is 1. The van der Waals surface area contributed by atoms with Crippen molar-refractivity contribution in [3.63, 3.8) is 0 Å². The number of halogens is 1. The molecule has 0 saturated heterocycles. The average molecular weight is 576 g/mol. The molecule has 1 amide bonds. The van der Waals surface area contributed by atoms with E-state index in [0.717, 1.165) is 15.8 Å². The van der Waals surface area contributed by atoms with E-state index in [1.54, 1.807) is 35.8 Å². The number of hydrogen-bond acceptors (Lipinski definition) is 6. The summed E-state index contributed by atoms with van der Waals surface area (Å²) in [5.41, 5.74) is 2.61. The van der Waals surface area contributed by atoms with Crippen molar-refractivity contribution in [1.29, 1.82) is 0 Å². The quantitative estimate of drug-likeness (QED) is 0.228. The van der Waals surface area contributed by atoms with Gasteiger partial charge in [-0.25, -0.2) is 0 Å². The highest BCUT2D eigenvalue weighted by atomic mass is 35.5. The molecule has 40 heavy (non-hydrogen) atoms. The number of nitrogens with one attached hydrogen (secondary N) is 1. The van der Waals surface area contributed by atoms with Gasteiger partial charge in [0.2, 0.25) is 0 Å². The summed E-state index contributed by atoms with van der Waals surface area (Å²) in [5, 5.41) is 22.8. The fraction of sp³-hybridized carbons (Fsp3) is 0.207. The van der Waals surface area contributed by atoms with Crippen molar-refractivity contribution in [2.75, 3.05) is 0 Å². The van der Waals surface area contributed by atoms with E-state index in [2.05, 4.69) is 15.5 Å². The summed E-state index contributed by atoms with van der Waals surface area (Å²) in [4.78, 5) is 39.7. The first kappa shape index (κ1) is 27.3. The van der Waals surface area contributed by atoms with Crippen LogP contribution in [0.15, 0.2) is 54.6 Å². The zero-order chi connectivity index (χ0) is 28.6. The number of carbonyl (C=O) groups is 3. The standard InChI is InChI=1S/C29H26ClN5O4S/c1-4-18-19-9-6-8-12-23(19)34(15-25(36)37)26(18)28(39)31-14-24-33-32-17(3)35(24)29-21(13-16(2)40-29)27(38)20-10-5-7-11-22(20)30/h5-13H,4,14-15H2,1-3H3,(H,31,39)(H,36,37). The predicted octanol–water partition coefficient (Wildman–Crippen LogP) is 5.36. The van der Waals surface area contributed by atoms with Gasteiger partial charge in [0.25, 0.3) is 5.91 Å². The molecule has 0 bridgehead atoms. The molecule has 0 saturated carbocycles. The molecular weight excluding hydrogens is 550 g/mol. The zero-order valence-corrected chi connectivity index (χ0v) is 23.6. The lowest BCUT2D eigenvalue weighted by Gasteiger charge is -2.12. The Morgan fingerprint density at radius 2 is 1.75 bits per heavy atom. The molecule has 9 nitrogen and oxygen atoms in total. The molecule has 0 atom stereocenters. The largest absolute Gasteiger partial charge is 0.480 e. The maximum atomic E-state index is 13.6. The number of carboxylic acids is 1. The van der Waals surface area contributed by atoms with Gasteiger partial charge in [-0.15, -0.1) is 21.5 Å². The minimum atomic E-state index is -1.04. The molecule has 0 fully saturated rings. The number of carboxylic acid groups (broad SMARTS) is 1. The summed E-state index contributed by atoms with van der Waals surface area (Å²) in [6, 6.07) is 16.1. The Hall–Kier alpha value is -4.28. The van der Waals surface area contributed by atoms with Crippen LogP contribution >= 0.6 is 22.9 Å². The zero-order valence-electron chi connectivity index (χ0n) is 22.1. The molecule has 2 aromatic carbocycles. The number of carbonyl (C=O) groups excluding carboxylic acids is 2. The number of aryl methyl sites for hydroxylation is 3. The van der Waals surface area contributed by atoms with Crippen LogP contribution in [0, 0.1) is 13.8 Å². The number of benzene rings is 2. The third-order valence-electron chi connectivity index (χ3n) is 6.64. The van der Waals surface area contributed by atoms with E-state index in [0.29, 0.717) is 50.4 Å². The van der Waals surface area contributed by atoms with Gasteiger partial charge in [-0.05, 0) is 50.1 Å². The third kappa shape index (κ3) is 4.91. The van der Waals surface area contributed by atoms with Crippen molar-refractivity contribution in [2.24, 2.45) is 0 Å². The van der Waals surface area contributed by atoms with E-state index in [4.69, 9.17) is 11.6 Å². The first-order valence-electron chi connectivity index (χ1n) is 12.6. The molecule has 204 valence electrons. The number of nitrogens with zero attached hydrogens (tertiary/aromatic N) is 4. The number of ketones is 1. The molecule has 0 aliphatic carbocycles. The fourth-order valence-corrected chi connectivity index (χ4v) is 6.23. The van der Waals surface area contributed by atoms with Gasteiger partial charge in [0.1, 0.15) is 23.1 Å². The monoisotopic (exact) mass is 575 g/mol. The van der Waals surface area contributed by atoms with Crippen molar-refractivity contribution in [3.05, 3.63) is 98.5 Å². The van der Waals surface area contributed by atoms with Crippen molar-refractivity contribution in [3.8, 4) is 5.00 Å². The second-order valence-electron chi connectivity index (χ2n) is 9.24. The third-order valence-corrected chi connectivity index (χ3v) is 8.00. The Kier molecular flexibility index (Phi) is 7.55. The molecule has 0 unspecified atom stereocenters. The summed E-state index contributed by atoms with van der Waals surface area (Å²) in [6.07, 6.45) is 0.549. The lowest BCUT2D eigenvalue weighted by atomic mass is 10.0. The minimum absolute atomic E-state index is 0.00803. The summed E-state index contributed by atoms with van der Waals surface area (Å²) < 4.78 is 3.29. The molecule has 0 radical (unpaired) electrons. The van der Waals surface area contributed by atoms with Gasteiger partial charge in [-0.3, -0.25) is 19.0 Å². The number of fused-ring (bicyclic) bond motifs is 1. The van der Waals surface area contributed by atoms with Gasteiger partial charge < -0.3 is 15.0 Å². The molecule has 5 aromatic rings. The number of aliphatic carboxylic acids is 1. The van der Waals surface area contributed by atoms with Gasteiger partial charge in [0.05, 0.1) is 17.1 Å². The van der Waals surface area contributed by atoms with Crippen LogP contribution < -0.4 is 5.32 Å². The van der Waals surface area contributed by atoms with Crippen LogP contribution in [0.25, 0.3) is 15.9 Å². The number of thiophene rings is 1. The Morgan fingerprint density at radius 1 is 1.02 bits per heavy atom. The second-order valence-corrected chi connectivity index (χ2v) is 10.9. The number of hydrogen-bond donors (Lipinski definition) is 2. The van der Waals surface area contributed by atoms with Crippen LogP contribution in [0.2, 0.25) is 5.02 Å². The van der Waals surface area contributed by atoms with Crippen molar-refractivity contribution >= 4 is 51.5 Å². The maximum Gasteiger partial charge on any atom is 0.323 e. The van der Waals surface area contributed by atoms with Crippen molar-refractivity contribution in [2.45, 2.75) is 40.3 Å². The summed E-state index contributed by atoms with van der Waals surface area (Å²) in [7, 11) is 0. The number of aromatic nitrogens is 4. The van der Waals surface area contributed by atoms with E-state index in [1.165, 1.54) is 15.9 Å². The molecule has 2 N–H and O–H groups in total. The minimum Gasteiger partial charge on any atom is -0.480 e. The van der Waals surface area contributed by atoms with E-state index in [9.17, 15) is 19.5 Å². The summed E-state index contributed by atoms with van der Waals surface area (Å²) in [6.45, 7) is 5.28. The Balaban J connectivity index is 1.50. The highest BCUT2D eigenvalue weighted by Gasteiger charge is 2.26. The van der Waals surface area contributed by atoms with Gasteiger partial charge >= 0.3 is 5.97 Å². The predicted molar refractivity (Wildman–Crippen MR) is 154 cm³/mol. The molecular formula is C29H26ClN5O4S. The topological polar surface area (TPSA) is 119 Å². The van der Waals surface area contributed by atoms with Gasteiger partial charge in [-0.2, -0.15) is 0 Å². The maximum absolute atomic E-state index is 13.6. The van der Waals surface area contributed by atoms with Gasteiger partial charge in [-0.1, -0.05) is 48.9 Å². The molecule has 3 heterocycles.